The predicted molar refractivity (Wildman–Crippen MR) is 124 cm³/mol. The number of carbonyl (C=O) groups excluding carboxylic acids is 2. The highest BCUT2D eigenvalue weighted by molar-refractivity contribution is 6.30. The van der Waals surface area contributed by atoms with Crippen LogP contribution in [0.2, 0.25) is 5.15 Å². The number of likely N-dealkylation sites (tertiary alicyclic amines) is 1. The summed E-state index contributed by atoms with van der Waals surface area (Å²) in [7, 11) is 1.81. The highest BCUT2D eigenvalue weighted by Gasteiger charge is 2.27. The van der Waals surface area contributed by atoms with E-state index in [1.807, 2.05) is 25.8 Å². The lowest BCUT2D eigenvalue weighted by Gasteiger charge is -2.24. The van der Waals surface area contributed by atoms with Gasteiger partial charge in [-0.2, -0.15) is 5.10 Å². The van der Waals surface area contributed by atoms with E-state index in [1.165, 1.54) is 0 Å². The van der Waals surface area contributed by atoms with Gasteiger partial charge in [0.15, 0.2) is 5.78 Å². The van der Waals surface area contributed by atoms with Crippen molar-refractivity contribution in [2.75, 3.05) is 18.8 Å². The molecule has 3 heterocycles. The van der Waals surface area contributed by atoms with Crippen molar-refractivity contribution in [1.82, 2.24) is 24.6 Å². The van der Waals surface area contributed by atoms with Crippen molar-refractivity contribution in [3.63, 3.8) is 0 Å². The molecule has 0 aliphatic carbocycles. The zero-order valence-corrected chi connectivity index (χ0v) is 20.2. The predicted octanol–water partition coefficient (Wildman–Crippen LogP) is 3.53. The number of nitrogen functional groups attached to an aromatic ring is 1. The van der Waals surface area contributed by atoms with Crippen LogP contribution in [0.4, 0.5) is 5.82 Å². The average molecular weight is 461 g/mol. The number of ketones is 1. The minimum absolute atomic E-state index is 0.0288. The second-order valence-corrected chi connectivity index (χ2v) is 9.24. The van der Waals surface area contributed by atoms with Crippen molar-refractivity contribution in [3.05, 3.63) is 34.0 Å². The fourth-order valence-electron chi connectivity index (χ4n) is 4.40. The van der Waals surface area contributed by atoms with Gasteiger partial charge in [-0.05, 0) is 51.9 Å². The Bertz CT molecular complexity index is 966. The maximum absolute atomic E-state index is 13.0. The minimum atomic E-state index is -0.345. The van der Waals surface area contributed by atoms with Crippen LogP contribution in [-0.4, -0.2) is 49.4 Å². The summed E-state index contributed by atoms with van der Waals surface area (Å²) in [6.45, 7) is 6.93. The molecule has 32 heavy (non-hydrogen) atoms. The molecule has 0 bridgehead atoms. The van der Waals surface area contributed by atoms with E-state index in [0.717, 1.165) is 49.9 Å². The van der Waals surface area contributed by atoms with Gasteiger partial charge in [0.25, 0.3) is 0 Å². The first-order valence-corrected chi connectivity index (χ1v) is 11.6. The lowest BCUT2D eigenvalue weighted by atomic mass is 9.93. The van der Waals surface area contributed by atoms with Gasteiger partial charge in [0.2, 0.25) is 5.91 Å². The van der Waals surface area contributed by atoms with E-state index in [1.54, 1.807) is 17.8 Å². The molecule has 0 radical (unpaired) electrons. The van der Waals surface area contributed by atoms with E-state index < -0.39 is 0 Å². The Labute approximate surface area is 194 Å². The number of nitrogens with zero attached hydrogens (tertiary/aromatic N) is 5. The van der Waals surface area contributed by atoms with Gasteiger partial charge in [-0.3, -0.25) is 14.3 Å². The Morgan fingerprint density at radius 1 is 1.25 bits per heavy atom. The second kappa shape index (κ2) is 10.4. The summed E-state index contributed by atoms with van der Waals surface area (Å²) in [5, 5.41) is 4.56. The highest BCUT2D eigenvalue weighted by Crippen LogP contribution is 2.27. The van der Waals surface area contributed by atoms with Crippen molar-refractivity contribution in [2.45, 2.75) is 59.3 Å². The van der Waals surface area contributed by atoms with Gasteiger partial charge < -0.3 is 10.6 Å². The van der Waals surface area contributed by atoms with Gasteiger partial charge in [0.05, 0.1) is 11.8 Å². The van der Waals surface area contributed by atoms with Gasteiger partial charge in [-0.1, -0.05) is 18.5 Å². The summed E-state index contributed by atoms with van der Waals surface area (Å²) in [4.78, 5) is 36.0. The maximum Gasteiger partial charge on any atom is 0.225 e. The summed E-state index contributed by atoms with van der Waals surface area (Å²) in [6, 6.07) is 0. The zero-order valence-electron chi connectivity index (χ0n) is 19.4. The van der Waals surface area contributed by atoms with Crippen LogP contribution in [0, 0.1) is 25.7 Å². The normalized spacial score (nSPS) is 17.8. The van der Waals surface area contributed by atoms with Crippen LogP contribution >= 0.6 is 11.6 Å². The zero-order chi connectivity index (χ0) is 23.4. The largest absolute Gasteiger partial charge is 0.383 e. The number of Topliss-reactive ketones (excluding diaryl/α,β-unsaturated/α-hetero) is 1. The van der Waals surface area contributed by atoms with Crippen LogP contribution in [0.25, 0.3) is 0 Å². The van der Waals surface area contributed by atoms with Gasteiger partial charge in [0.1, 0.15) is 16.8 Å². The molecule has 0 aromatic carbocycles. The molecule has 3 rings (SSSR count). The molecule has 2 atom stereocenters. The van der Waals surface area contributed by atoms with E-state index in [0.29, 0.717) is 34.8 Å². The second-order valence-electron chi connectivity index (χ2n) is 8.88. The van der Waals surface area contributed by atoms with Crippen LogP contribution in [-0.2, 0) is 18.3 Å². The van der Waals surface area contributed by atoms with E-state index in [4.69, 9.17) is 17.3 Å². The van der Waals surface area contributed by atoms with Crippen molar-refractivity contribution in [1.29, 1.82) is 0 Å². The van der Waals surface area contributed by atoms with E-state index >= 15 is 0 Å². The third-order valence-electron chi connectivity index (χ3n) is 6.51. The summed E-state index contributed by atoms with van der Waals surface area (Å²) in [5.41, 5.74) is 8.27. The first-order valence-electron chi connectivity index (χ1n) is 11.3. The molecule has 1 fully saturated rings. The van der Waals surface area contributed by atoms with E-state index in [-0.39, 0.29) is 24.0 Å². The van der Waals surface area contributed by atoms with Crippen molar-refractivity contribution < 1.29 is 9.59 Å². The number of amides is 1. The molecule has 0 saturated carbocycles. The highest BCUT2D eigenvalue weighted by atomic mass is 35.5. The molecule has 1 saturated heterocycles. The third-order valence-corrected chi connectivity index (χ3v) is 6.82. The maximum atomic E-state index is 13.0. The fourth-order valence-corrected chi connectivity index (χ4v) is 4.71. The van der Waals surface area contributed by atoms with Crippen LogP contribution in [0.1, 0.15) is 66.5 Å². The van der Waals surface area contributed by atoms with Gasteiger partial charge in [-0.25, -0.2) is 9.97 Å². The van der Waals surface area contributed by atoms with E-state index in [9.17, 15) is 9.59 Å². The monoisotopic (exact) mass is 460 g/mol. The molecule has 1 amide bonds. The molecule has 0 spiro atoms. The number of nitrogens with two attached hydrogens (primary N) is 1. The van der Waals surface area contributed by atoms with E-state index in [2.05, 4.69) is 15.1 Å². The van der Waals surface area contributed by atoms with Gasteiger partial charge in [0, 0.05) is 43.7 Å². The Kier molecular flexibility index (Phi) is 7.87. The molecular weight excluding hydrogens is 428 g/mol. The summed E-state index contributed by atoms with van der Waals surface area (Å²) >= 11 is 6.26. The molecular formula is C23H33ClN6O2. The number of carbonyl (C=O) groups is 2. The number of aryl methyl sites for hydroxylation is 2. The number of hydrogen-bond acceptors (Lipinski definition) is 6. The molecule has 174 valence electrons. The Morgan fingerprint density at radius 2 is 2.00 bits per heavy atom. The summed E-state index contributed by atoms with van der Waals surface area (Å²) < 4.78 is 1.68. The quantitative estimate of drug-likeness (QED) is 0.500. The summed E-state index contributed by atoms with van der Waals surface area (Å²) in [6.07, 6.45) is 6.40. The molecule has 8 nitrogen and oxygen atoms in total. The number of aromatic nitrogens is 4. The smallest absolute Gasteiger partial charge is 0.225 e. The standard InChI is InChI=1S/C23H33ClN6O2/c1-14(12-20(31)19-13-26-29(4)15(19)2)23(32)30-10-5-6-17(9-11-30)7-8-18-21(24)27-16(3)28-22(18)25/h13-14,17H,5-12H2,1-4H3,(H2,25,27,28)/t14-,17?/m1/s1. The average Bonchev–Trinajstić information content (AvgIpc) is 2.92. The van der Waals surface area contributed by atoms with Crippen LogP contribution in [0.3, 0.4) is 0 Å². The summed E-state index contributed by atoms with van der Waals surface area (Å²) in [5.74, 6) is 1.20. The number of hydrogen-bond donors (Lipinski definition) is 1. The fraction of sp³-hybridized carbons (Fsp3) is 0.609. The SMILES string of the molecule is Cc1nc(N)c(CCC2CCCN(C(=O)[C@H](C)CC(=O)c3cnn(C)c3C)CC2)c(Cl)n1. The van der Waals surface area contributed by atoms with Gasteiger partial charge in [-0.15, -0.1) is 0 Å². The number of rotatable bonds is 7. The topological polar surface area (TPSA) is 107 Å². The van der Waals surface area contributed by atoms with Crippen molar-refractivity contribution in [2.24, 2.45) is 18.9 Å². The molecule has 2 aromatic heterocycles. The molecule has 9 heteroatoms. The van der Waals surface area contributed by atoms with Gasteiger partial charge >= 0.3 is 0 Å². The first kappa shape index (κ1) is 24.2. The molecule has 2 aromatic rings. The van der Waals surface area contributed by atoms with Crippen molar-refractivity contribution >= 4 is 29.1 Å². The Morgan fingerprint density at radius 3 is 2.66 bits per heavy atom. The Balaban J connectivity index is 1.52. The molecule has 1 aliphatic rings. The van der Waals surface area contributed by atoms with Crippen molar-refractivity contribution in [3.8, 4) is 0 Å². The molecule has 2 N–H and O–H groups in total. The third kappa shape index (κ3) is 5.65. The van der Waals surface area contributed by atoms with Crippen LogP contribution in [0.15, 0.2) is 6.20 Å². The Hall–Kier alpha value is -2.48. The molecule has 1 aliphatic heterocycles. The number of anilines is 1. The lowest BCUT2D eigenvalue weighted by Crippen LogP contribution is -2.36. The van der Waals surface area contributed by atoms with Crippen LogP contribution < -0.4 is 5.73 Å². The molecule has 1 unspecified atom stereocenters. The van der Waals surface area contributed by atoms with Crippen LogP contribution in [0.5, 0.6) is 0 Å². The minimum Gasteiger partial charge on any atom is -0.383 e. The number of halogens is 1. The lowest BCUT2D eigenvalue weighted by molar-refractivity contribution is -0.134. The first-order chi connectivity index (χ1) is 15.2.